The highest BCUT2D eigenvalue weighted by molar-refractivity contribution is 6.01. The molecule has 0 unspecified atom stereocenters. The van der Waals surface area contributed by atoms with E-state index in [1.165, 1.54) is 0 Å². The van der Waals surface area contributed by atoms with Crippen LogP contribution in [0.25, 0.3) is 0 Å². The lowest BCUT2D eigenvalue weighted by atomic mass is 9.96. The molecule has 1 saturated heterocycles. The first-order chi connectivity index (χ1) is 13.6. The molecule has 0 aromatic heterocycles. The molecule has 0 atom stereocenters. The molecule has 1 aliphatic rings. The van der Waals surface area contributed by atoms with Crippen molar-refractivity contribution in [1.29, 1.82) is 0 Å². The van der Waals surface area contributed by atoms with Gasteiger partial charge in [0, 0.05) is 30.1 Å². The molecule has 3 rings (SSSR count). The molecule has 1 heterocycles. The monoisotopic (exact) mass is 381 g/mol. The molecule has 2 aromatic carbocycles. The Labute approximate surface area is 164 Å². The number of carbonyl (C=O) groups excluding carboxylic acids is 3. The largest absolute Gasteiger partial charge is 0.327 e. The van der Waals surface area contributed by atoms with E-state index in [0.717, 1.165) is 36.5 Å². The fourth-order valence-electron chi connectivity index (χ4n) is 3.31. The highest BCUT2D eigenvalue weighted by atomic mass is 16.2. The number of nitrogens with one attached hydrogen (secondary N) is 4. The summed E-state index contributed by atoms with van der Waals surface area (Å²) in [6.45, 7) is 1.66. The van der Waals surface area contributed by atoms with Gasteiger partial charge in [0.2, 0.25) is 5.91 Å². The predicted molar refractivity (Wildman–Crippen MR) is 107 cm³/mol. The van der Waals surface area contributed by atoms with Gasteiger partial charge in [0.15, 0.2) is 6.54 Å². The van der Waals surface area contributed by atoms with Crippen LogP contribution in [0.4, 0.5) is 16.2 Å². The maximum absolute atomic E-state index is 12.4. The average Bonchev–Trinajstić information content (AvgIpc) is 2.70. The van der Waals surface area contributed by atoms with Gasteiger partial charge < -0.3 is 15.5 Å². The summed E-state index contributed by atoms with van der Waals surface area (Å²) in [7, 11) is 0. The SMILES string of the molecule is O=C(C[NH+]1CCC(C(=O)Nc2ccccc2)CC1)NC(=O)Nc1ccccc1. The van der Waals surface area contributed by atoms with Gasteiger partial charge in [0.25, 0.3) is 5.91 Å². The van der Waals surface area contributed by atoms with E-state index in [1.54, 1.807) is 24.3 Å². The molecular weight excluding hydrogens is 356 g/mol. The number of anilines is 2. The van der Waals surface area contributed by atoms with Crippen LogP contribution in [0.1, 0.15) is 12.8 Å². The summed E-state index contributed by atoms with van der Waals surface area (Å²) in [5, 5.41) is 7.91. The van der Waals surface area contributed by atoms with E-state index >= 15 is 0 Å². The Morgan fingerprint density at radius 1 is 0.821 bits per heavy atom. The Morgan fingerprint density at radius 3 is 1.93 bits per heavy atom. The van der Waals surface area contributed by atoms with Gasteiger partial charge in [0.05, 0.1) is 13.1 Å². The van der Waals surface area contributed by atoms with Crippen molar-refractivity contribution in [2.75, 3.05) is 30.3 Å². The van der Waals surface area contributed by atoms with Crippen LogP contribution >= 0.6 is 0 Å². The first-order valence-electron chi connectivity index (χ1n) is 9.45. The normalized spacial score (nSPS) is 18.7. The van der Waals surface area contributed by atoms with E-state index in [4.69, 9.17) is 0 Å². The number of benzene rings is 2. The molecular formula is C21H25N4O3+. The van der Waals surface area contributed by atoms with E-state index in [1.807, 2.05) is 36.4 Å². The molecule has 2 aromatic rings. The van der Waals surface area contributed by atoms with Gasteiger partial charge in [-0.2, -0.15) is 0 Å². The molecule has 1 fully saturated rings. The molecule has 0 radical (unpaired) electrons. The van der Waals surface area contributed by atoms with Crippen LogP contribution in [-0.4, -0.2) is 37.5 Å². The molecule has 4 amide bonds. The smallest absolute Gasteiger partial charge is 0.326 e. The molecule has 7 heteroatoms. The zero-order valence-corrected chi connectivity index (χ0v) is 15.6. The first-order valence-corrected chi connectivity index (χ1v) is 9.45. The number of rotatable bonds is 5. The third-order valence-electron chi connectivity index (χ3n) is 4.80. The summed E-state index contributed by atoms with van der Waals surface area (Å²) in [5.41, 5.74) is 1.43. The number of imide groups is 1. The molecule has 0 saturated carbocycles. The second kappa shape index (κ2) is 9.66. The number of carbonyl (C=O) groups is 3. The Balaban J connectivity index is 1.38. The summed E-state index contributed by atoms with van der Waals surface area (Å²) < 4.78 is 0. The maximum Gasteiger partial charge on any atom is 0.326 e. The minimum Gasteiger partial charge on any atom is -0.327 e. The van der Waals surface area contributed by atoms with Crippen LogP contribution in [0.3, 0.4) is 0 Å². The number of hydrogen-bond acceptors (Lipinski definition) is 3. The van der Waals surface area contributed by atoms with E-state index in [-0.39, 0.29) is 24.3 Å². The predicted octanol–water partition coefficient (Wildman–Crippen LogP) is 1.27. The lowest BCUT2D eigenvalue weighted by molar-refractivity contribution is -0.897. The van der Waals surface area contributed by atoms with Crippen molar-refractivity contribution in [2.45, 2.75) is 12.8 Å². The topological polar surface area (TPSA) is 91.7 Å². The zero-order chi connectivity index (χ0) is 19.8. The Bertz CT molecular complexity index is 803. The minimum absolute atomic E-state index is 0.0249. The van der Waals surface area contributed by atoms with Gasteiger partial charge in [-0.05, 0) is 24.3 Å². The van der Waals surface area contributed by atoms with Crippen molar-refractivity contribution < 1.29 is 19.3 Å². The van der Waals surface area contributed by atoms with E-state index in [2.05, 4.69) is 16.0 Å². The second-order valence-corrected chi connectivity index (χ2v) is 6.92. The van der Waals surface area contributed by atoms with Gasteiger partial charge in [0.1, 0.15) is 0 Å². The summed E-state index contributed by atoms with van der Waals surface area (Å²) in [6, 6.07) is 17.8. The Kier molecular flexibility index (Phi) is 6.75. The van der Waals surface area contributed by atoms with E-state index < -0.39 is 6.03 Å². The quantitative estimate of drug-likeness (QED) is 0.629. The first kappa shape index (κ1) is 19.6. The van der Waals surface area contributed by atoms with Crippen LogP contribution < -0.4 is 20.9 Å². The van der Waals surface area contributed by atoms with Crippen molar-refractivity contribution in [3.05, 3.63) is 60.7 Å². The van der Waals surface area contributed by atoms with Gasteiger partial charge in [-0.25, -0.2) is 4.79 Å². The molecule has 28 heavy (non-hydrogen) atoms. The number of quaternary nitrogens is 1. The van der Waals surface area contributed by atoms with Crippen molar-refractivity contribution in [3.8, 4) is 0 Å². The number of para-hydroxylation sites is 2. The highest BCUT2D eigenvalue weighted by Gasteiger charge is 2.28. The van der Waals surface area contributed by atoms with Crippen LogP contribution in [0.15, 0.2) is 60.7 Å². The Morgan fingerprint density at radius 2 is 1.36 bits per heavy atom. The third kappa shape index (κ3) is 5.92. The van der Waals surface area contributed by atoms with Gasteiger partial charge in [-0.1, -0.05) is 36.4 Å². The third-order valence-corrected chi connectivity index (χ3v) is 4.80. The summed E-state index contributed by atoms with van der Waals surface area (Å²) >= 11 is 0. The van der Waals surface area contributed by atoms with Gasteiger partial charge in [-0.15, -0.1) is 0 Å². The van der Waals surface area contributed by atoms with Crippen LogP contribution in [0, 0.1) is 5.92 Å². The van der Waals surface area contributed by atoms with E-state index in [9.17, 15) is 14.4 Å². The summed E-state index contributed by atoms with van der Waals surface area (Å²) in [5.74, 6) is -0.346. The highest BCUT2D eigenvalue weighted by Crippen LogP contribution is 2.14. The number of amides is 4. The summed E-state index contributed by atoms with van der Waals surface area (Å²) in [4.78, 5) is 37.4. The van der Waals surface area contributed by atoms with E-state index in [0.29, 0.717) is 5.69 Å². The molecule has 7 nitrogen and oxygen atoms in total. The maximum atomic E-state index is 12.4. The van der Waals surface area contributed by atoms with Gasteiger partial charge >= 0.3 is 6.03 Å². The van der Waals surface area contributed by atoms with Crippen molar-refractivity contribution in [1.82, 2.24) is 5.32 Å². The van der Waals surface area contributed by atoms with Gasteiger partial charge in [-0.3, -0.25) is 14.9 Å². The fraction of sp³-hybridized carbons (Fsp3) is 0.286. The molecule has 4 N–H and O–H groups in total. The number of piperidine rings is 1. The molecule has 146 valence electrons. The summed E-state index contributed by atoms with van der Waals surface area (Å²) in [6.07, 6.45) is 1.44. The van der Waals surface area contributed by atoms with Crippen molar-refractivity contribution in [3.63, 3.8) is 0 Å². The lowest BCUT2D eigenvalue weighted by Gasteiger charge is -2.28. The molecule has 1 aliphatic heterocycles. The lowest BCUT2D eigenvalue weighted by Crippen LogP contribution is -3.14. The standard InChI is InChI=1S/C21H24N4O3/c26-19(24-21(28)23-18-9-5-2-6-10-18)15-25-13-11-16(12-14-25)20(27)22-17-7-3-1-4-8-17/h1-10,16H,11-15H2,(H,22,27)(H2,23,24,26,28)/p+1. The van der Waals surface area contributed by atoms with Crippen LogP contribution in [0.2, 0.25) is 0 Å². The van der Waals surface area contributed by atoms with Crippen LogP contribution in [-0.2, 0) is 9.59 Å². The number of urea groups is 1. The molecule has 0 spiro atoms. The second-order valence-electron chi connectivity index (χ2n) is 6.92. The zero-order valence-electron chi connectivity index (χ0n) is 15.6. The minimum atomic E-state index is -0.535. The molecule has 0 aliphatic carbocycles. The molecule has 0 bridgehead atoms. The number of hydrogen-bond donors (Lipinski definition) is 4. The van der Waals surface area contributed by atoms with Crippen LogP contribution in [0.5, 0.6) is 0 Å². The average molecular weight is 381 g/mol. The fourth-order valence-corrected chi connectivity index (χ4v) is 3.31. The number of likely N-dealkylation sites (tertiary alicyclic amines) is 1. The van der Waals surface area contributed by atoms with Crippen molar-refractivity contribution >= 4 is 29.2 Å². The Hall–Kier alpha value is -3.19. The van der Waals surface area contributed by atoms with Crippen molar-refractivity contribution in [2.24, 2.45) is 5.92 Å².